The van der Waals surface area contributed by atoms with E-state index in [9.17, 15) is 18.0 Å². The fourth-order valence-corrected chi connectivity index (χ4v) is 1.51. The number of hydrogen-bond donors (Lipinski definition) is 2. The third-order valence-corrected chi connectivity index (χ3v) is 2.56. The Morgan fingerprint density at radius 1 is 1.32 bits per heavy atom. The predicted octanol–water partition coefficient (Wildman–Crippen LogP) is 2.60. The number of carbonyl (C=O) groups excluding carboxylic acids is 1. The van der Waals surface area contributed by atoms with Crippen LogP contribution in [0.1, 0.15) is 35.7 Å². The van der Waals surface area contributed by atoms with Gasteiger partial charge in [-0.05, 0) is 44.0 Å². The van der Waals surface area contributed by atoms with Crippen LogP contribution < -0.4 is 5.32 Å². The van der Waals surface area contributed by atoms with E-state index in [2.05, 4.69) is 5.32 Å². The zero-order valence-corrected chi connectivity index (χ0v) is 10.5. The average molecular weight is 275 g/mol. The van der Waals surface area contributed by atoms with Crippen LogP contribution in [-0.4, -0.2) is 23.7 Å². The SMILES string of the molecule is CC(O)CCCNC(=O)c1ccc(C(F)(F)F)cc1. The van der Waals surface area contributed by atoms with Crippen LogP contribution in [0.4, 0.5) is 13.2 Å². The fraction of sp³-hybridized carbons (Fsp3) is 0.462. The molecule has 0 fully saturated rings. The van der Waals surface area contributed by atoms with Crippen molar-refractivity contribution in [3.05, 3.63) is 35.4 Å². The molecule has 0 saturated heterocycles. The molecule has 1 aromatic rings. The second kappa shape index (κ2) is 6.56. The lowest BCUT2D eigenvalue weighted by Crippen LogP contribution is -2.25. The molecule has 0 heterocycles. The van der Waals surface area contributed by atoms with E-state index in [4.69, 9.17) is 5.11 Å². The second-order valence-corrected chi connectivity index (χ2v) is 4.32. The van der Waals surface area contributed by atoms with E-state index in [1.54, 1.807) is 6.92 Å². The number of halogens is 3. The number of carbonyl (C=O) groups is 1. The monoisotopic (exact) mass is 275 g/mol. The van der Waals surface area contributed by atoms with Gasteiger partial charge >= 0.3 is 6.18 Å². The summed E-state index contributed by atoms with van der Waals surface area (Å²) in [6.07, 6.45) is -3.65. The molecule has 1 atom stereocenters. The number of rotatable bonds is 5. The zero-order valence-electron chi connectivity index (χ0n) is 10.5. The number of nitrogens with one attached hydrogen (secondary N) is 1. The summed E-state index contributed by atoms with van der Waals surface area (Å²) >= 11 is 0. The van der Waals surface area contributed by atoms with Gasteiger partial charge in [0.1, 0.15) is 0 Å². The van der Waals surface area contributed by atoms with Crippen molar-refractivity contribution < 1.29 is 23.1 Å². The fourth-order valence-electron chi connectivity index (χ4n) is 1.51. The van der Waals surface area contributed by atoms with Crippen LogP contribution >= 0.6 is 0 Å². The van der Waals surface area contributed by atoms with Crippen LogP contribution in [0.2, 0.25) is 0 Å². The van der Waals surface area contributed by atoms with Gasteiger partial charge in [0, 0.05) is 12.1 Å². The van der Waals surface area contributed by atoms with Crippen molar-refractivity contribution in [2.45, 2.75) is 32.0 Å². The maximum absolute atomic E-state index is 12.3. The molecule has 2 N–H and O–H groups in total. The molecule has 0 aliphatic carbocycles. The van der Waals surface area contributed by atoms with E-state index in [0.29, 0.717) is 19.4 Å². The summed E-state index contributed by atoms with van der Waals surface area (Å²) in [7, 11) is 0. The molecule has 19 heavy (non-hydrogen) atoms. The molecule has 106 valence electrons. The number of aliphatic hydroxyl groups is 1. The molecule has 0 radical (unpaired) electrons. The lowest BCUT2D eigenvalue weighted by Gasteiger charge is -2.08. The van der Waals surface area contributed by atoms with Crippen LogP contribution in [0.25, 0.3) is 0 Å². The molecule has 3 nitrogen and oxygen atoms in total. The van der Waals surface area contributed by atoms with Crippen molar-refractivity contribution in [2.75, 3.05) is 6.54 Å². The summed E-state index contributed by atoms with van der Waals surface area (Å²) in [5.41, 5.74) is -0.594. The van der Waals surface area contributed by atoms with Crippen LogP contribution in [0.5, 0.6) is 0 Å². The van der Waals surface area contributed by atoms with E-state index >= 15 is 0 Å². The normalized spacial score (nSPS) is 13.1. The molecule has 0 bridgehead atoms. The summed E-state index contributed by atoms with van der Waals surface area (Å²) in [4.78, 5) is 11.6. The second-order valence-electron chi connectivity index (χ2n) is 4.32. The molecule has 0 spiro atoms. The van der Waals surface area contributed by atoms with Gasteiger partial charge in [-0.15, -0.1) is 0 Å². The Morgan fingerprint density at radius 3 is 2.37 bits per heavy atom. The average Bonchev–Trinajstić information content (AvgIpc) is 2.33. The van der Waals surface area contributed by atoms with Crippen molar-refractivity contribution in [1.29, 1.82) is 0 Å². The minimum absolute atomic E-state index is 0.185. The first kappa shape index (κ1) is 15.5. The first-order valence-electron chi connectivity index (χ1n) is 5.94. The lowest BCUT2D eigenvalue weighted by molar-refractivity contribution is -0.137. The van der Waals surface area contributed by atoms with Gasteiger partial charge in [-0.3, -0.25) is 4.79 Å². The summed E-state index contributed by atoms with van der Waals surface area (Å²) < 4.78 is 37.0. The van der Waals surface area contributed by atoms with E-state index in [1.807, 2.05) is 0 Å². The first-order valence-corrected chi connectivity index (χ1v) is 5.94. The topological polar surface area (TPSA) is 49.3 Å². The number of benzene rings is 1. The largest absolute Gasteiger partial charge is 0.416 e. The first-order chi connectivity index (χ1) is 8.80. The Morgan fingerprint density at radius 2 is 1.89 bits per heavy atom. The third-order valence-electron chi connectivity index (χ3n) is 2.56. The molecule has 0 aromatic heterocycles. The van der Waals surface area contributed by atoms with Crippen LogP contribution in [0.15, 0.2) is 24.3 Å². The standard InChI is InChI=1S/C13H16F3NO2/c1-9(18)3-2-8-17-12(19)10-4-6-11(7-5-10)13(14,15)16/h4-7,9,18H,2-3,8H2,1H3,(H,17,19). The summed E-state index contributed by atoms with van der Waals surface area (Å²) in [5, 5.41) is 11.6. The zero-order chi connectivity index (χ0) is 14.5. The number of amides is 1. The van der Waals surface area contributed by atoms with Gasteiger partial charge in [0.25, 0.3) is 5.91 Å². The van der Waals surface area contributed by atoms with Gasteiger partial charge in [-0.25, -0.2) is 0 Å². The smallest absolute Gasteiger partial charge is 0.393 e. The maximum Gasteiger partial charge on any atom is 0.416 e. The van der Waals surface area contributed by atoms with E-state index in [1.165, 1.54) is 0 Å². The lowest BCUT2D eigenvalue weighted by atomic mass is 10.1. The van der Waals surface area contributed by atoms with Gasteiger partial charge < -0.3 is 10.4 Å². The van der Waals surface area contributed by atoms with Crippen molar-refractivity contribution in [3.8, 4) is 0 Å². The minimum atomic E-state index is -4.40. The molecular weight excluding hydrogens is 259 g/mol. The van der Waals surface area contributed by atoms with Crippen LogP contribution in [0, 0.1) is 0 Å². The van der Waals surface area contributed by atoms with Gasteiger partial charge in [0.15, 0.2) is 0 Å². The highest BCUT2D eigenvalue weighted by atomic mass is 19.4. The van der Waals surface area contributed by atoms with E-state index in [-0.39, 0.29) is 5.56 Å². The van der Waals surface area contributed by atoms with Crippen molar-refractivity contribution in [1.82, 2.24) is 5.32 Å². The molecule has 1 aromatic carbocycles. The molecule has 0 saturated carbocycles. The Bertz CT molecular complexity index is 413. The van der Waals surface area contributed by atoms with Gasteiger partial charge in [0.2, 0.25) is 0 Å². The van der Waals surface area contributed by atoms with E-state index in [0.717, 1.165) is 24.3 Å². The van der Waals surface area contributed by atoms with Gasteiger partial charge in [-0.1, -0.05) is 0 Å². The Labute approximate surface area is 109 Å². The quantitative estimate of drug-likeness (QED) is 0.811. The third kappa shape index (κ3) is 5.30. The molecular formula is C13H16F3NO2. The summed E-state index contributed by atoms with van der Waals surface area (Å²) in [6.45, 7) is 2.03. The molecule has 1 rings (SSSR count). The Kier molecular flexibility index (Phi) is 5.35. The van der Waals surface area contributed by atoms with Crippen LogP contribution in [-0.2, 0) is 6.18 Å². The summed E-state index contributed by atoms with van der Waals surface area (Å²) in [5.74, 6) is -0.417. The van der Waals surface area contributed by atoms with Crippen LogP contribution in [0.3, 0.4) is 0 Å². The molecule has 0 aliphatic rings. The molecule has 1 unspecified atom stereocenters. The minimum Gasteiger partial charge on any atom is -0.393 e. The predicted molar refractivity (Wildman–Crippen MR) is 64.7 cm³/mol. The molecule has 1 amide bonds. The summed E-state index contributed by atoms with van der Waals surface area (Å²) in [6, 6.07) is 4.05. The van der Waals surface area contributed by atoms with Gasteiger partial charge in [0.05, 0.1) is 11.7 Å². The highest BCUT2D eigenvalue weighted by molar-refractivity contribution is 5.94. The molecule has 6 heteroatoms. The number of alkyl halides is 3. The Hall–Kier alpha value is -1.56. The van der Waals surface area contributed by atoms with Crippen molar-refractivity contribution in [3.63, 3.8) is 0 Å². The highest BCUT2D eigenvalue weighted by Crippen LogP contribution is 2.28. The number of hydrogen-bond acceptors (Lipinski definition) is 2. The Balaban J connectivity index is 2.49. The van der Waals surface area contributed by atoms with Gasteiger partial charge in [-0.2, -0.15) is 13.2 Å². The molecule has 0 aliphatic heterocycles. The van der Waals surface area contributed by atoms with E-state index < -0.39 is 23.8 Å². The number of aliphatic hydroxyl groups excluding tert-OH is 1. The highest BCUT2D eigenvalue weighted by Gasteiger charge is 2.30. The maximum atomic E-state index is 12.3. The van der Waals surface area contributed by atoms with Crippen molar-refractivity contribution >= 4 is 5.91 Å². The van der Waals surface area contributed by atoms with Crippen molar-refractivity contribution in [2.24, 2.45) is 0 Å².